The van der Waals surface area contributed by atoms with Crippen molar-refractivity contribution in [1.29, 1.82) is 0 Å². The number of carbonyl (C=O) groups excluding carboxylic acids is 3. The lowest BCUT2D eigenvalue weighted by Crippen LogP contribution is -2.30. The summed E-state index contributed by atoms with van der Waals surface area (Å²) in [6, 6.07) is 37.7. The maximum absolute atomic E-state index is 13.7. The average molecular weight is 625 g/mol. The number of anilines is 2. The number of thioether (sulfide) groups is 1. The van der Waals surface area contributed by atoms with Crippen molar-refractivity contribution in [2.45, 2.75) is 23.5 Å². The average Bonchev–Trinajstić information content (AvgIpc) is 3.50. The van der Waals surface area contributed by atoms with Crippen molar-refractivity contribution < 1.29 is 14.4 Å². The number of para-hydroxylation sites is 1. The first-order chi connectivity index (χ1) is 22.5. The van der Waals surface area contributed by atoms with Crippen LogP contribution in [0, 0.1) is 0 Å². The molecule has 6 rings (SSSR count). The van der Waals surface area contributed by atoms with E-state index in [1.54, 1.807) is 42.6 Å². The van der Waals surface area contributed by atoms with Crippen molar-refractivity contribution in [3.05, 3.63) is 144 Å². The molecule has 0 aliphatic heterocycles. The molecule has 3 amide bonds. The molecule has 0 saturated carbocycles. The number of nitrogens with one attached hydrogen (secondary N) is 4. The molecule has 1 aromatic heterocycles. The van der Waals surface area contributed by atoms with E-state index in [9.17, 15) is 14.4 Å². The Kier molecular flexibility index (Phi) is 9.27. The van der Waals surface area contributed by atoms with E-state index in [-0.39, 0.29) is 16.9 Å². The van der Waals surface area contributed by atoms with Gasteiger partial charge in [0.1, 0.15) is 5.70 Å². The highest BCUT2D eigenvalue weighted by Gasteiger charge is 2.20. The van der Waals surface area contributed by atoms with E-state index < -0.39 is 11.8 Å². The predicted molar refractivity (Wildman–Crippen MR) is 188 cm³/mol. The summed E-state index contributed by atoms with van der Waals surface area (Å²) in [5.41, 5.74) is 3.50. The van der Waals surface area contributed by atoms with Crippen molar-refractivity contribution in [1.82, 2.24) is 10.3 Å². The molecule has 228 valence electrons. The molecule has 4 N–H and O–H groups in total. The van der Waals surface area contributed by atoms with Crippen LogP contribution in [0.25, 0.3) is 27.8 Å². The molecule has 1 unspecified atom stereocenters. The van der Waals surface area contributed by atoms with Crippen LogP contribution in [0.4, 0.5) is 11.4 Å². The molecule has 0 fully saturated rings. The van der Waals surface area contributed by atoms with Gasteiger partial charge in [-0.05, 0) is 71.8 Å². The third kappa shape index (κ3) is 7.20. The lowest BCUT2D eigenvalue weighted by molar-refractivity contribution is -0.116. The van der Waals surface area contributed by atoms with Crippen molar-refractivity contribution in [3.63, 3.8) is 0 Å². The summed E-state index contributed by atoms with van der Waals surface area (Å²) >= 11 is 1.43. The Labute approximate surface area is 271 Å². The zero-order valence-corrected chi connectivity index (χ0v) is 25.9. The molecule has 6 aromatic rings. The van der Waals surface area contributed by atoms with Crippen LogP contribution in [0.15, 0.2) is 138 Å². The van der Waals surface area contributed by atoms with E-state index in [1.807, 2.05) is 97.9 Å². The van der Waals surface area contributed by atoms with E-state index in [1.165, 1.54) is 11.8 Å². The summed E-state index contributed by atoms with van der Waals surface area (Å²) in [4.78, 5) is 44.0. The maximum Gasteiger partial charge on any atom is 0.272 e. The molecular formula is C38H32N4O3S. The van der Waals surface area contributed by atoms with Gasteiger partial charge in [-0.25, -0.2) is 0 Å². The quantitative estimate of drug-likeness (QED) is 0.0911. The normalized spacial score (nSPS) is 12.1. The van der Waals surface area contributed by atoms with Crippen LogP contribution in [0.5, 0.6) is 0 Å². The number of H-pyrrole nitrogens is 1. The van der Waals surface area contributed by atoms with E-state index in [4.69, 9.17) is 0 Å². The summed E-state index contributed by atoms with van der Waals surface area (Å²) in [5, 5.41) is 11.5. The number of amides is 3. The highest BCUT2D eigenvalue weighted by molar-refractivity contribution is 8.00. The molecule has 7 nitrogen and oxygen atoms in total. The lowest BCUT2D eigenvalue weighted by Gasteiger charge is -2.16. The Bertz CT molecular complexity index is 2070. The molecule has 1 atom stereocenters. The fourth-order valence-corrected chi connectivity index (χ4v) is 6.15. The first-order valence-corrected chi connectivity index (χ1v) is 15.9. The van der Waals surface area contributed by atoms with Gasteiger partial charge in [0, 0.05) is 44.5 Å². The summed E-state index contributed by atoms with van der Waals surface area (Å²) in [6.07, 6.45) is 4.08. The highest BCUT2D eigenvalue weighted by atomic mass is 32.2. The van der Waals surface area contributed by atoms with Gasteiger partial charge >= 0.3 is 0 Å². The number of aromatic amines is 1. The molecular weight excluding hydrogens is 593 g/mol. The van der Waals surface area contributed by atoms with Gasteiger partial charge in [-0.3, -0.25) is 14.4 Å². The fourth-order valence-electron chi connectivity index (χ4n) is 5.13. The van der Waals surface area contributed by atoms with Crippen LogP contribution in [0.3, 0.4) is 0 Å². The van der Waals surface area contributed by atoms with Crippen molar-refractivity contribution in [3.8, 4) is 0 Å². The minimum absolute atomic E-state index is 0.0928. The molecule has 0 bridgehead atoms. The van der Waals surface area contributed by atoms with Crippen LogP contribution >= 0.6 is 11.8 Å². The largest absolute Gasteiger partial charge is 0.361 e. The van der Waals surface area contributed by atoms with Crippen LogP contribution in [0.1, 0.15) is 29.3 Å². The van der Waals surface area contributed by atoms with Gasteiger partial charge in [0.05, 0.1) is 5.25 Å². The molecule has 0 spiro atoms. The van der Waals surface area contributed by atoms with Gasteiger partial charge in [0.15, 0.2) is 0 Å². The van der Waals surface area contributed by atoms with Gasteiger partial charge in [0.25, 0.3) is 11.8 Å². The molecule has 46 heavy (non-hydrogen) atoms. The van der Waals surface area contributed by atoms with Gasteiger partial charge in [-0.15, -0.1) is 11.8 Å². The Hall–Kier alpha value is -5.60. The molecule has 0 radical (unpaired) electrons. The Morgan fingerprint density at radius 2 is 1.50 bits per heavy atom. The van der Waals surface area contributed by atoms with Crippen LogP contribution in [-0.2, 0) is 9.59 Å². The number of rotatable bonds is 10. The monoisotopic (exact) mass is 624 g/mol. The molecule has 1 heterocycles. The highest BCUT2D eigenvalue weighted by Crippen LogP contribution is 2.29. The van der Waals surface area contributed by atoms with Gasteiger partial charge in [0.2, 0.25) is 5.91 Å². The smallest absolute Gasteiger partial charge is 0.272 e. The lowest BCUT2D eigenvalue weighted by atomic mass is 10.1. The SMILES string of the molecule is CCC(Sc1cccc(NC(=O)/C(=C/c2c[nH]c3ccccc23)NC(=O)c2ccccc2)c1)C(=O)Nc1ccc2ccccc2c1. The molecule has 0 aliphatic carbocycles. The van der Waals surface area contributed by atoms with Crippen LogP contribution in [-0.4, -0.2) is 28.0 Å². The van der Waals surface area contributed by atoms with E-state index in [0.717, 1.165) is 37.8 Å². The number of benzene rings is 5. The second-order valence-corrected chi connectivity index (χ2v) is 12.0. The maximum atomic E-state index is 13.7. The van der Waals surface area contributed by atoms with Crippen molar-refractivity contribution in [2.24, 2.45) is 0 Å². The number of carbonyl (C=O) groups is 3. The molecule has 5 aromatic carbocycles. The molecule has 0 saturated heterocycles. The summed E-state index contributed by atoms with van der Waals surface area (Å²) in [6.45, 7) is 1.97. The standard InChI is InChI=1S/C38H32N4O3S/c1-2-35(38(45)41-30-20-19-25-11-6-7-14-27(25)21-30)46-31-16-10-15-29(23-31)40-37(44)34(42-36(43)26-12-4-3-5-13-26)22-28-24-39-33-18-9-8-17-32(28)33/h3-24,35,39H,2H2,1H3,(H,40,44)(H,41,45)(H,42,43)/b34-22-. The van der Waals surface area contributed by atoms with Gasteiger partial charge in [-0.2, -0.15) is 0 Å². The van der Waals surface area contributed by atoms with E-state index in [2.05, 4.69) is 20.9 Å². The topological polar surface area (TPSA) is 103 Å². The predicted octanol–water partition coefficient (Wildman–Crippen LogP) is 8.24. The Morgan fingerprint density at radius 1 is 0.761 bits per heavy atom. The van der Waals surface area contributed by atoms with Gasteiger partial charge < -0.3 is 20.9 Å². The second kappa shape index (κ2) is 14.0. The number of aromatic nitrogens is 1. The van der Waals surface area contributed by atoms with E-state index >= 15 is 0 Å². The third-order valence-corrected chi connectivity index (χ3v) is 8.86. The van der Waals surface area contributed by atoms with Crippen LogP contribution in [0.2, 0.25) is 0 Å². The zero-order chi connectivity index (χ0) is 31.9. The van der Waals surface area contributed by atoms with Crippen molar-refractivity contribution in [2.75, 3.05) is 10.6 Å². The molecule has 8 heteroatoms. The van der Waals surface area contributed by atoms with E-state index in [0.29, 0.717) is 17.7 Å². The molecule has 0 aliphatic rings. The summed E-state index contributed by atoms with van der Waals surface area (Å²) in [7, 11) is 0. The number of hydrogen-bond donors (Lipinski definition) is 4. The number of hydrogen-bond acceptors (Lipinski definition) is 4. The minimum atomic E-state index is -0.474. The van der Waals surface area contributed by atoms with Crippen LogP contribution < -0.4 is 16.0 Å². The fraction of sp³-hybridized carbons (Fsp3) is 0.0789. The summed E-state index contributed by atoms with van der Waals surface area (Å²) in [5.74, 6) is -0.961. The second-order valence-electron chi connectivity index (χ2n) is 10.7. The summed E-state index contributed by atoms with van der Waals surface area (Å²) < 4.78 is 0. The Balaban J connectivity index is 1.19. The first-order valence-electron chi connectivity index (χ1n) is 15.0. The zero-order valence-electron chi connectivity index (χ0n) is 25.1. The third-order valence-electron chi connectivity index (χ3n) is 7.50. The minimum Gasteiger partial charge on any atom is -0.361 e. The number of fused-ring (bicyclic) bond motifs is 2. The van der Waals surface area contributed by atoms with Gasteiger partial charge in [-0.1, -0.05) is 79.7 Å². The first kappa shape index (κ1) is 30.4. The Morgan fingerprint density at radius 3 is 2.33 bits per heavy atom. The van der Waals surface area contributed by atoms with Crippen molar-refractivity contribution >= 4 is 68.6 Å².